The summed E-state index contributed by atoms with van der Waals surface area (Å²) in [6.45, 7) is 10.4. The number of nitrogens with zero attached hydrogens (tertiary/aromatic N) is 1. The van der Waals surface area contributed by atoms with E-state index in [1.807, 2.05) is 18.2 Å². The molecule has 0 aromatic heterocycles. The van der Waals surface area contributed by atoms with E-state index in [1.165, 1.54) is 0 Å². The van der Waals surface area contributed by atoms with Crippen LogP contribution in [0, 0.1) is 11.3 Å². The maximum absolute atomic E-state index is 12.1. The van der Waals surface area contributed by atoms with E-state index in [0.29, 0.717) is 18.1 Å². The van der Waals surface area contributed by atoms with E-state index in [9.17, 15) is 4.79 Å². The fraction of sp³-hybridized carbons (Fsp3) is 0.529. The molecule has 0 saturated heterocycles. The molecule has 0 aliphatic heterocycles. The number of rotatable bonds is 5. The first-order chi connectivity index (χ1) is 9.71. The summed E-state index contributed by atoms with van der Waals surface area (Å²) in [4.78, 5) is 12.1. The number of oxime groups is 1. The maximum atomic E-state index is 12.1. The fourth-order valence-electron chi connectivity index (χ4n) is 2.53. The largest absolute Gasteiger partial charge is 0.411 e. The van der Waals surface area contributed by atoms with Gasteiger partial charge in [-0.2, -0.15) is 0 Å². The first-order valence-corrected chi connectivity index (χ1v) is 7.30. The van der Waals surface area contributed by atoms with Gasteiger partial charge in [-0.3, -0.25) is 4.79 Å². The summed E-state index contributed by atoms with van der Waals surface area (Å²) in [5.41, 5.74) is 2.27. The molecule has 4 nitrogen and oxygen atoms in total. The summed E-state index contributed by atoms with van der Waals surface area (Å²) >= 11 is 0. The van der Waals surface area contributed by atoms with Crippen molar-refractivity contribution in [2.24, 2.45) is 16.5 Å². The van der Waals surface area contributed by atoms with Gasteiger partial charge in [0.2, 0.25) is 5.91 Å². The number of benzene rings is 1. The van der Waals surface area contributed by atoms with Crippen LogP contribution in [0.1, 0.15) is 53.0 Å². The molecular weight excluding hydrogens is 264 g/mol. The van der Waals surface area contributed by atoms with Gasteiger partial charge in [-0.1, -0.05) is 45.0 Å². The minimum Gasteiger partial charge on any atom is -0.411 e. The van der Waals surface area contributed by atoms with Crippen molar-refractivity contribution in [2.75, 3.05) is 5.32 Å². The lowest BCUT2D eigenvalue weighted by atomic mass is 9.84. The number of carbonyl (C=O) groups is 1. The molecule has 0 aliphatic carbocycles. The average Bonchev–Trinajstić information content (AvgIpc) is 2.35. The summed E-state index contributed by atoms with van der Waals surface area (Å²) in [6.07, 6.45) is 1.52. The molecule has 0 aliphatic rings. The molecule has 1 unspecified atom stereocenters. The molecule has 1 rings (SSSR count). The number of nitrogens with one attached hydrogen (secondary N) is 1. The molecule has 4 heteroatoms. The minimum atomic E-state index is 0.0162. The Bertz CT molecular complexity index is 516. The lowest BCUT2D eigenvalue weighted by Gasteiger charge is -2.22. The summed E-state index contributed by atoms with van der Waals surface area (Å²) in [5.74, 6) is 0.358. The van der Waals surface area contributed by atoms with Gasteiger partial charge in [0.15, 0.2) is 0 Å². The molecule has 0 fully saturated rings. The molecule has 116 valence electrons. The van der Waals surface area contributed by atoms with Crippen molar-refractivity contribution >= 4 is 17.3 Å². The Morgan fingerprint density at radius 3 is 2.62 bits per heavy atom. The molecule has 1 atom stereocenters. The van der Waals surface area contributed by atoms with E-state index >= 15 is 0 Å². The van der Waals surface area contributed by atoms with Crippen molar-refractivity contribution in [3.05, 3.63) is 29.8 Å². The molecule has 1 amide bonds. The van der Waals surface area contributed by atoms with E-state index in [1.54, 1.807) is 13.0 Å². The predicted octanol–water partition coefficient (Wildman–Crippen LogP) is 4.29. The first kappa shape index (κ1) is 17.2. The Morgan fingerprint density at radius 2 is 2.05 bits per heavy atom. The molecule has 0 heterocycles. The lowest BCUT2D eigenvalue weighted by molar-refractivity contribution is -0.117. The van der Waals surface area contributed by atoms with E-state index in [4.69, 9.17) is 5.21 Å². The van der Waals surface area contributed by atoms with Gasteiger partial charge in [-0.15, -0.1) is 0 Å². The minimum absolute atomic E-state index is 0.0162. The van der Waals surface area contributed by atoms with Gasteiger partial charge >= 0.3 is 0 Å². The quantitative estimate of drug-likeness (QED) is 0.483. The number of hydrogen-bond donors (Lipinski definition) is 2. The summed E-state index contributed by atoms with van der Waals surface area (Å²) in [7, 11) is 0. The van der Waals surface area contributed by atoms with E-state index in [2.05, 4.69) is 38.2 Å². The summed E-state index contributed by atoms with van der Waals surface area (Å²) in [6, 6.07) is 7.31. The second-order valence-electron chi connectivity index (χ2n) is 6.89. The van der Waals surface area contributed by atoms with E-state index in [0.717, 1.165) is 17.7 Å². The van der Waals surface area contributed by atoms with Crippen LogP contribution in [-0.2, 0) is 4.79 Å². The zero-order chi connectivity index (χ0) is 16.0. The third kappa shape index (κ3) is 6.43. The van der Waals surface area contributed by atoms with Crippen LogP contribution in [-0.4, -0.2) is 16.8 Å². The van der Waals surface area contributed by atoms with Crippen LogP contribution in [0.2, 0.25) is 0 Å². The van der Waals surface area contributed by atoms with Crippen molar-refractivity contribution < 1.29 is 10.0 Å². The molecule has 0 spiro atoms. The van der Waals surface area contributed by atoms with Crippen molar-refractivity contribution in [3.8, 4) is 0 Å². The van der Waals surface area contributed by atoms with Gasteiger partial charge in [0.1, 0.15) is 0 Å². The van der Waals surface area contributed by atoms with E-state index in [-0.39, 0.29) is 11.3 Å². The number of amides is 1. The fourth-order valence-corrected chi connectivity index (χ4v) is 2.53. The lowest BCUT2D eigenvalue weighted by Crippen LogP contribution is -2.19. The highest BCUT2D eigenvalue weighted by molar-refractivity contribution is 6.00. The van der Waals surface area contributed by atoms with Crippen LogP contribution >= 0.6 is 0 Å². The molecule has 0 bridgehead atoms. The topological polar surface area (TPSA) is 61.7 Å². The highest BCUT2D eigenvalue weighted by Gasteiger charge is 2.17. The van der Waals surface area contributed by atoms with Gasteiger partial charge in [0.25, 0.3) is 0 Å². The smallest absolute Gasteiger partial charge is 0.224 e. The van der Waals surface area contributed by atoms with Crippen molar-refractivity contribution in [2.45, 2.75) is 47.5 Å². The monoisotopic (exact) mass is 290 g/mol. The second kappa shape index (κ2) is 7.25. The van der Waals surface area contributed by atoms with Gasteiger partial charge in [0.05, 0.1) is 5.71 Å². The summed E-state index contributed by atoms with van der Waals surface area (Å²) in [5, 5.41) is 14.9. The number of anilines is 1. The SMILES string of the molecule is C/C(=N\O)c1cccc(NC(=O)CC(C)CC(C)(C)C)c1. The highest BCUT2D eigenvalue weighted by Crippen LogP contribution is 2.26. The van der Waals surface area contributed by atoms with Crippen LogP contribution in [0.5, 0.6) is 0 Å². The van der Waals surface area contributed by atoms with Crippen molar-refractivity contribution in [1.82, 2.24) is 0 Å². The zero-order valence-corrected chi connectivity index (χ0v) is 13.6. The third-order valence-corrected chi connectivity index (χ3v) is 3.21. The van der Waals surface area contributed by atoms with Crippen LogP contribution in [0.4, 0.5) is 5.69 Å². The normalized spacial score (nSPS) is 13.9. The van der Waals surface area contributed by atoms with Crippen molar-refractivity contribution in [3.63, 3.8) is 0 Å². The predicted molar refractivity (Wildman–Crippen MR) is 86.9 cm³/mol. The highest BCUT2D eigenvalue weighted by atomic mass is 16.4. The first-order valence-electron chi connectivity index (χ1n) is 7.30. The van der Waals surface area contributed by atoms with Crippen LogP contribution in [0.25, 0.3) is 0 Å². The standard InChI is InChI=1S/C17H26N2O2/c1-12(11-17(3,4)5)9-16(20)18-15-8-6-7-14(10-15)13(2)19-21/h6-8,10,12,21H,9,11H2,1-5H3,(H,18,20)/b19-13+. The number of hydrogen-bond acceptors (Lipinski definition) is 3. The van der Waals surface area contributed by atoms with Crippen LogP contribution in [0.15, 0.2) is 29.4 Å². The Morgan fingerprint density at radius 1 is 1.38 bits per heavy atom. The van der Waals surface area contributed by atoms with Gasteiger partial charge in [-0.25, -0.2) is 0 Å². The van der Waals surface area contributed by atoms with Crippen LogP contribution < -0.4 is 5.32 Å². The average molecular weight is 290 g/mol. The molecule has 2 N–H and O–H groups in total. The van der Waals surface area contributed by atoms with Gasteiger partial charge < -0.3 is 10.5 Å². The molecule has 1 aromatic carbocycles. The molecule has 21 heavy (non-hydrogen) atoms. The third-order valence-electron chi connectivity index (χ3n) is 3.21. The maximum Gasteiger partial charge on any atom is 0.224 e. The summed E-state index contributed by atoms with van der Waals surface area (Å²) < 4.78 is 0. The molecule has 0 radical (unpaired) electrons. The Labute approximate surface area is 127 Å². The number of carbonyl (C=O) groups excluding carboxylic acids is 1. The zero-order valence-electron chi connectivity index (χ0n) is 13.6. The Balaban J connectivity index is 2.63. The van der Waals surface area contributed by atoms with Crippen molar-refractivity contribution in [1.29, 1.82) is 0 Å². The second-order valence-corrected chi connectivity index (χ2v) is 6.89. The molecule has 0 saturated carbocycles. The van der Waals surface area contributed by atoms with Crippen LogP contribution in [0.3, 0.4) is 0 Å². The van der Waals surface area contributed by atoms with Gasteiger partial charge in [-0.05, 0) is 36.8 Å². The van der Waals surface area contributed by atoms with Gasteiger partial charge in [0, 0.05) is 17.7 Å². The molecular formula is C17H26N2O2. The Hall–Kier alpha value is -1.84. The van der Waals surface area contributed by atoms with E-state index < -0.39 is 0 Å². The molecule has 1 aromatic rings. The Kier molecular flexibility index (Phi) is 5.94.